The lowest BCUT2D eigenvalue weighted by Gasteiger charge is -2.40. The van der Waals surface area contributed by atoms with Gasteiger partial charge >= 0.3 is 6.09 Å². The third-order valence-electron chi connectivity index (χ3n) is 5.80. The van der Waals surface area contributed by atoms with Crippen molar-refractivity contribution >= 4 is 52.1 Å². The second-order valence-electron chi connectivity index (χ2n) is 9.75. The van der Waals surface area contributed by atoms with Gasteiger partial charge in [0, 0.05) is 18.5 Å². The number of aromatic nitrogens is 3. The van der Waals surface area contributed by atoms with E-state index in [1.54, 1.807) is 63.2 Å². The lowest BCUT2D eigenvalue weighted by Crippen LogP contribution is -2.61. The Balaban J connectivity index is 1.60. The summed E-state index contributed by atoms with van der Waals surface area (Å²) in [4.78, 5) is 58.3. The fraction of sp³-hybridized carbons (Fsp3) is 0.360. The third kappa shape index (κ3) is 6.02. The molecule has 1 aromatic carbocycles. The van der Waals surface area contributed by atoms with Gasteiger partial charge in [-0.05, 0) is 39.0 Å². The average molecular weight is 542 g/mol. The second kappa shape index (κ2) is 10.7. The third-order valence-corrected chi connectivity index (χ3v) is 6.01. The van der Waals surface area contributed by atoms with Crippen molar-refractivity contribution in [2.24, 2.45) is 5.73 Å². The molecule has 0 saturated carbocycles. The molecule has 1 fully saturated rings. The van der Waals surface area contributed by atoms with Crippen LogP contribution in [0.1, 0.15) is 31.3 Å². The molecule has 0 spiro atoms. The number of primary amides is 1. The van der Waals surface area contributed by atoms with E-state index in [2.05, 4.69) is 15.4 Å². The Bertz CT molecular complexity index is 1400. The number of hydrogen-bond donors (Lipinski definition) is 2. The van der Waals surface area contributed by atoms with Crippen LogP contribution in [-0.2, 0) is 20.9 Å². The van der Waals surface area contributed by atoms with E-state index >= 15 is 0 Å². The van der Waals surface area contributed by atoms with Crippen molar-refractivity contribution in [3.8, 4) is 0 Å². The molecule has 13 heteroatoms. The first-order valence-electron chi connectivity index (χ1n) is 11.9. The summed E-state index contributed by atoms with van der Waals surface area (Å²) < 4.78 is 6.85. The highest BCUT2D eigenvalue weighted by Crippen LogP contribution is 2.21. The van der Waals surface area contributed by atoms with Crippen LogP contribution in [0, 0.1) is 0 Å². The van der Waals surface area contributed by atoms with E-state index in [1.165, 1.54) is 14.5 Å². The number of benzene rings is 1. The first-order valence-corrected chi connectivity index (χ1v) is 12.3. The summed E-state index contributed by atoms with van der Waals surface area (Å²) in [6.45, 7) is 5.11. The van der Waals surface area contributed by atoms with E-state index in [0.717, 1.165) is 0 Å². The van der Waals surface area contributed by atoms with Crippen molar-refractivity contribution < 1.29 is 23.9 Å². The number of piperazine rings is 1. The highest BCUT2D eigenvalue weighted by atomic mass is 35.5. The lowest BCUT2D eigenvalue weighted by molar-refractivity contribution is -0.142. The van der Waals surface area contributed by atoms with E-state index in [9.17, 15) is 19.2 Å². The van der Waals surface area contributed by atoms with Crippen molar-refractivity contribution in [3.63, 3.8) is 0 Å². The predicted molar refractivity (Wildman–Crippen MR) is 139 cm³/mol. The predicted octanol–water partition coefficient (Wildman–Crippen LogP) is 2.27. The zero-order valence-electron chi connectivity index (χ0n) is 21.2. The number of carbonyl (C=O) groups is 4. The number of nitrogens with two attached hydrogens (primary N) is 1. The van der Waals surface area contributed by atoms with E-state index in [-0.39, 0.29) is 42.8 Å². The summed E-state index contributed by atoms with van der Waals surface area (Å²) in [5.74, 6) is -1.50. The van der Waals surface area contributed by atoms with Crippen molar-refractivity contribution in [1.29, 1.82) is 0 Å². The zero-order valence-corrected chi connectivity index (χ0v) is 21.9. The van der Waals surface area contributed by atoms with Gasteiger partial charge in [-0.1, -0.05) is 35.9 Å². The van der Waals surface area contributed by atoms with Gasteiger partial charge in [-0.25, -0.2) is 9.78 Å². The Morgan fingerprint density at radius 2 is 1.84 bits per heavy atom. The number of carbonyl (C=O) groups excluding carboxylic acids is 4. The van der Waals surface area contributed by atoms with Gasteiger partial charge in [-0.3, -0.25) is 19.1 Å². The summed E-state index contributed by atoms with van der Waals surface area (Å²) in [6, 6.07) is 10.6. The van der Waals surface area contributed by atoms with E-state index in [0.29, 0.717) is 10.9 Å². The molecule has 0 radical (unpaired) electrons. The largest absolute Gasteiger partial charge is 0.444 e. The highest BCUT2D eigenvalue weighted by Gasteiger charge is 2.38. The molecule has 4 amide bonds. The smallest absolute Gasteiger partial charge is 0.410 e. The number of pyridine rings is 1. The van der Waals surface area contributed by atoms with Gasteiger partial charge in [-0.15, -0.1) is 0 Å². The Labute approximate surface area is 223 Å². The van der Waals surface area contributed by atoms with Gasteiger partial charge in [0.2, 0.25) is 11.8 Å². The normalized spacial score (nSPS) is 15.8. The zero-order chi connectivity index (χ0) is 27.6. The molecular formula is C25H28ClN7O5. The minimum absolute atomic E-state index is 0.0458. The van der Waals surface area contributed by atoms with Crippen molar-refractivity contribution in [2.75, 3.05) is 25.0 Å². The monoisotopic (exact) mass is 541 g/mol. The SMILES string of the molecule is CC(C)(C)OC(=O)N1CCN(C(=O)Cn2nc(C(N)=O)c3ccccc32)C(C(=O)Nc2cccc(Cl)n2)C1. The summed E-state index contributed by atoms with van der Waals surface area (Å²) in [5, 5.41) is 7.61. The molecule has 0 bridgehead atoms. The Kier molecular flexibility index (Phi) is 7.53. The highest BCUT2D eigenvalue weighted by molar-refractivity contribution is 6.29. The topological polar surface area (TPSA) is 153 Å². The minimum atomic E-state index is -1.05. The van der Waals surface area contributed by atoms with E-state index < -0.39 is 35.5 Å². The van der Waals surface area contributed by atoms with Crippen molar-refractivity contribution in [2.45, 2.75) is 39.0 Å². The molecule has 1 aliphatic rings. The number of nitrogens with zero attached hydrogens (tertiary/aromatic N) is 5. The van der Waals surface area contributed by atoms with Crippen molar-refractivity contribution in [1.82, 2.24) is 24.6 Å². The molecular weight excluding hydrogens is 514 g/mol. The van der Waals surface area contributed by atoms with Gasteiger partial charge < -0.3 is 25.6 Å². The molecule has 0 aliphatic carbocycles. The fourth-order valence-electron chi connectivity index (χ4n) is 4.13. The molecule has 1 unspecified atom stereocenters. The lowest BCUT2D eigenvalue weighted by atomic mass is 10.1. The van der Waals surface area contributed by atoms with Crippen LogP contribution in [0.25, 0.3) is 10.9 Å². The van der Waals surface area contributed by atoms with Gasteiger partial charge in [-0.2, -0.15) is 5.10 Å². The maximum Gasteiger partial charge on any atom is 0.410 e. The molecule has 1 atom stereocenters. The summed E-state index contributed by atoms with van der Waals surface area (Å²) >= 11 is 5.94. The number of hydrogen-bond acceptors (Lipinski definition) is 7. The number of amides is 4. The molecule has 1 saturated heterocycles. The fourth-order valence-corrected chi connectivity index (χ4v) is 4.30. The number of fused-ring (bicyclic) bond motifs is 1. The van der Waals surface area contributed by atoms with Crippen molar-refractivity contribution in [3.05, 3.63) is 53.3 Å². The van der Waals surface area contributed by atoms with Crippen LogP contribution in [0.5, 0.6) is 0 Å². The number of halogens is 1. The van der Waals surface area contributed by atoms with Crippen LogP contribution in [0.15, 0.2) is 42.5 Å². The molecule has 3 heterocycles. The second-order valence-corrected chi connectivity index (χ2v) is 10.1. The molecule has 1 aliphatic heterocycles. The van der Waals surface area contributed by atoms with Crippen LogP contribution < -0.4 is 11.1 Å². The number of rotatable bonds is 5. The molecule has 4 rings (SSSR count). The molecule has 12 nitrogen and oxygen atoms in total. The minimum Gasteiger partial charge on any atom is -0.444 e. The van der Waals surface area contributed by atoms with Gasteiger partial charge in [0.15, 0.2) is 5.69 Å². The van der Waals surface area contributed by atoms with Crippen LogP contribution in [0.2, 0.25) is 5.15 Å². The Hall–Kier alpha value is -4.19. The summed E-state index contributed by atoms with van der Waals surface area (Å²) in [7, 11) is 0. The molecule has 3 N–H and O–H groups in total. The number of nitrogens with one attached hydrogen (secondary N) is 1. The number of anilines is 1. The van der Waals surface area contributed by atoms with Crippen LogP contribution >= 0.6 is 11.6 Å². The standard InChI is InChI=1S/C25H28ClN7O5/c1-25(2,3)38-24(37)31-11-12-32(17(13-31)23(36)29-19-10-6-9-18(26)28-19)20(34)14-33-16-8-5-4-7-15(16)21(30-33)22(27)35/h4-10,17H,11-14H2,1-3H3,(H2,27,35)(H,28,29,36). The quantitative estimate of drug-likeness (QED) is 0.470. The maximum atomic E-state index is 13.5. The van der Waals surface area contributed by atoms with E-state index in [4.69, 9.17) is 22.1 Å². The summed E-state index contributed by atoms with van der Waals surface area (Å²) in [5.41, 5.74) is 5.33. The van der Waals surface area contributed by atoms with Crippen LogP contribution in [0.3, 0.4) is 0 Å². The van der Waals surface area contributed by atoms with Gasteiger partial charge in [0.25, 0.3) is 5.91 Å². The summed E-state index contributed by atoms with van der Waals surface area (Å²) in [6.07, 6.45) is -0.590. The first kappa shape index (κ1) is 26.9. The average Bonchev–Trinajstić information content (AvgIpc) is 3.21. The molecule has 200 valence electrons. The van der Waals surface area contributed by atoms with E-state index in [1.807, 2.05) is 0 Å². The van der Waals surface area contributed by atoms with Crippen LogP contribution in [0.4, 0.5) is 10.6 Å². The number of ether oxygens (including phenoxy) is 1. The number of para-hydroxylation sites is 1. The van der Waals surface area contributed by atoms with Crippen LogP contribution in [-0.4, -0.2) is 79.7 Å². The van der Waals surface area contributed by atoms with Gasteiger partial charge in [0.05, 0.1) is 12.1 Å². The molecule has 3 aromatic rings. The Morgan fingerprint density at radius 3 is 2.53 bits per heavy atom. The first-order chi connectivity index (χ1) is 17.9. The molecule has 2 aromatic heterocycles. The maximum absolute atomic E-state index is 13.5. The van der Waals surface area contributed by atoms with Gasteiger partial charge in [0.1, 0.15) is 29.2 Å². The Morgan fingerprint density at radius 1 is 1.11 bits per heavy atom. The molecule has 38 heavy (non-hydrogen) atoms.